The Morgan fingerprint density at radius 3 is 2.83 bits per heavy atom. The number of aryl methyl sites for hydroxylation is 1. The standard InChI is InChI=1S/C16H19N3O4S/c1-22-16(21)11-4-7-19(8-5-11)14(20)3-2-13-17-18-15(23-13)12-6-9-24-10-12/h6,9-11H,2-5,7-8H2,1H3. The molecule has 2 aromatic rings. The number of hydrogen-bond donors (Lipinski definition) is 0. The van der Waals surface area contributed by atoms with E-state index in [1.54, 1.807) is 16.2 Å². The molecule has 0 aliphatic carbocycles. The molecule has 1 fully saturated rings. The van der Waals surface area contributed by atoms with Crippen molar-refractivity contribution in [1.29, 1.82) is 0 Å². The van der Waals surface area contributed by atoms with Crippen molar-refractivity contribution in [2.24, 2.45) is 5.92 Å². The normalized spacial score (nSPS) is 15.5. The summed E-state index contributed by atoms with van der Waals surface area (Å²) in [5.74, 6) is 0.720. The van der Waals surface area contributed by atoms with Crippen LogP contribution in [0, 0.1) is 5.92 Å². The molecule has 0 unspecified atom stereocenters. The van der Waals surface area contributed by atoms with E-state index in [0.29, 0.717) is 50.6 Å². The number of likely N-dealkylation sites (tertiary alicyclic amines) is 1. The second kappa shape index (κ2) is 7.57. The van der Waals surface area contributed by atoms with Crippen LogP contribution in [0.25, 0.3) is 11.5 Å². The van der Waals surface area contributed by atoms with Crippen LogP contribution in [0.2, 0.25) is 0 Å². The number of carbonyl (C=O) groups is 2. The minimum absolute atomic E-state index is 0.0496. The first kappa shape index (κ1) is 16.6. The van der Waals surface area contributed by atoms with Crippen LogP contribution in [-0.4, -0.2) is 47.2 Å². The highest BCUT2D eigenvalue weighted by Crippen LogP contribution is 2.22. The van der Waals surface area contributed by atoms with Gasteiger partial charge in [-0.2, -0.15) is 11.3 Å². The number of ether oxygens (including phenoxy) is 1. The van der Waals surface area contributed by atoms with Gasteiger partial charge in [0.05, 0.1) is 13.0 Å². The van der Waals surface area contributed by atoms with Crippen LogP contribution in [0.5, 0.6) is 0 Å². The number of methoxy groups -OCH3 is 1. The van der Waals surface area contributed by atoms with E-state index in [2.05, 4.69) is 10.2 Å². The molecule has 0 atom stereocenters. The molecule has 3 rings (SSSR count). The van der Waals surface area contributed by atoms with E-state index in [1.807, 2.05) is 16.8 Å². The summed E-state index contributed by atoms with van der Waals surface area (Å²) < 4.78 is 10.3. The molecule has 7 nitrogen and oxygen atoms in total. The van der Waals surface area contributed by atoms with Gasteiger partial charge in [-0.15, -0.1) is 10.2 Å². The lowest BCUT2D eigenvalue weighted by Gasteiger charge is -2.30. The highest BCUT2D eigenvalue weighted by atomic mass is 32.1. The van der Waals surface area contributed by atoms with E-state index in [4.69, 9.17) is 9.15 Å². The Balaban J connectivity index is 1.47. The van der Waals surface area contributed by atoms with Gasteiger partial charge in [0.15, 0.2) is 0 Å². The Kier molecular flexibility index (Phi) is 5.24. The first-order chi connectivity index (χ1) is 11.7. The number of hydrogen-bond acceptors (Lipinski definition) is 7. The van der Waals surface area contributed by atoms with Crippen LogP contribution in [0.1, 0.15) is 25.2 Å². The van der Waals surface area contributed by atoms with E-state index in [-0.39, 0.29) is 17.8 Å². The molecule has 24 heavy (non-hydrogen) atoms. The van der Waals surface area contributed by atoms with E-state index in [0.717, 1.165) is 5.56 Å². The second-order valence-electron chi connectivity index (χ2n) is 5.69. The molecule has 2 aromatic heterocycles. The van der Waals surface area contributed by atoms with E-state index in [9.17, 15) is 9.59 Å². The van der Waals surface area contributed by atoms with E-state index >= 15 is 0 Å². The summed E-state index contributed by atoms with van der Waals surface area (Å²) in [6.07, 6.45) is 2.06. The zero-order valence-electron chi connectivity index (χ0n) is 13.4. The molecule has 3 heterocycles. The molecule has 0 aromatic carbocycles. The van der Waals surface area contributed by atoms with Gasteiger partial charge in [-0.05, 0) is 24.3 Å². The van der Waals surface area contributed by atoms with Crippen molar-refractivity contribution in [3.63, 3.8) is 0 Å². The summed E-state index contributed by atoms with van der Waals surface area (Å²) in [6.45, 7) is 1.17. The van der Waals surface area contributed by atoms with Crippen LogP contribution in [0.4, 0.5) is 0 Å². The predicted octanol–water partition coefficient (Wildman–Crippen LogP) is 2.14. The van der Waals surface area contributed by atoms with Gasteiger partial charge < -0.3 is 14.1 Å². The van der Waals surface area contributed by atoms with Crippen molar-refractivity contribution in [3.05, 3.63) is 22.7 Å². The molecule has 1 aliphatic heterocycles. The molecule has 1 saturated heterocycles. The number of rotatable bonds is 5. The summed E-state index contributed by atoms with van der Waals surface area (Å²) in [5, 5.41) is 11.9. The molecule has 8 heteroatoms. The zero-order chi connectivity index (χ0) is 16.9. The number of piperidine rings is 1. The predicted molar refractivity (Wildman–Crippen MR) is 87.3 cm³/mol. The first-order valence-corrected chi connectivity index (χ1v) is 8.82. The molecular formula is C16H19N3O4S. The van der Waals surface area contributed by atoms with Crippen molar-refractivity contribution in [2.75, 3.05) is 20.2 Å². The summed E-state index contributed by atoms with van der Waals surface area (Å²) in [6, 6.07) is 1.92. The summed E-state index contributed by atoms with van der Waals surface area (Å²) in [5.41, 5.74) is 0.898. The highest BCUT2D eigenvalue weighted by molar-refractivity contribution is 7.08. The van der Waals surface area contributed by atoms with Crippen molar-refractivity contribution in [1.82, 2.24) is 15.1 Å². The van der Waals surface area contributed by atoms with Gasteiger partial charge >= 0.3 is 5.97 Å². The molecular weight excluding hydrogens is 330 g/mol. The molecule has 0 radical (unpaired) electrons. The summed E-state index contributed by atoms with van der Waals surface area (Å²) in [4.78, 5) is 25.6. The fourth-order valence-corrected chi connectivity index (χ4v) is 3.39. The fourth-order valence-electron chi connectivity index (χ4n) is 2.76. The molecule has 0 N–H and O–H groups in total. The number of amides is 1. The third-order valence-electron chi connectivity index (χ3n) is 4.17. The average Bonchev–Trinajstić information content (AvgIpc) is 3.30. The highest BCUT2D eigenvalue weighted by Gasteiger charge is 2.27. The smallest absolute Gasteiger partial charge is 0.308 e. The third kappa shape index (κ3) is 3.81. The Labute approximate surface area is 143 Å². The zero-order valence-corrected chi connectivity index (χ0v) is 14.3. The second-order valence-corrected chi connectivity index (χ2v) is 6.47. The Bertz CT molecular complexity index is 690. The minimum Gasteiger partial charge on any atom is -0.469 e. The lowest BCUT2D eigenvalue weighted by Crippen LogP contribution is -2.40. The molecule has 0 saturated carbocycles. The van der Waals surface area contributed by atoms with Gasteiger partial charge in [0, 0.05) is 36.9 Å². The maximum absolute atomic E-state index is 12.3. The van der Waals surface area contributed by atoms with Gasteiger partial charge in [0.2, 0.25) is 17.7 Å². The summed E-state index contributed by atoms with van der Waals surface area (Å²) >= 11 is 1.56. The SMILES string of the molecule is COC(=O)C1CCN(C(=O)CCc2nnc(-c3ccsc3)o2)CC1. The van der Waals surface area contributed by atoms with Gasteiger partial charge in [0.25, 0.3) is 0 Å². The van der Waals surface area contributed by atoms with Crippen molar-refractivity contribution < 1.29 is 18.7 Å². The van der Waals surface area contributed by atoms with Gasteiger partial charge in [-0.25, -0.2) is 0 Å². The topological polar surface area (TPSA) is 85.5 Å². The van der Waals surface area contributed by atoms with Crippen LogP contribution in [0.3, 0.4) is 0 Å². The Morgan fingerprint density at radius 1 is 1.38 bits per heavy atom. The Morgan fingerprint density at radius 2 is 2.17 bits per heavy atom. The van der Waals surface area contributed by atoms with Gasteiger partial charge in [0.1, 0.15) is 0 Å². The van der Waals surface area contributed by atoms with Gasteiger partial charge in [-0.1, -0.05) is 0 Å². The van der Waals surface area contributed by atoms with Crippen LogP contribution < -0.4 is 0 Å². The quantitative estimate of drug-likeness (QED) is 0.769. The number of aromatic nitrogens is 2. The lowest BCUT2D eigenvalue weighted by molar-refractivity contribution is -0.148. The summed E-state index contributed by atoms with van der Waals surface area (Å²) in [7, 11) is 1.40. The van der Waals surface area contributed by atoms with Crippen LogP contribution >= 0.6 is 11.3 Å². The number of nitrogens with zero attached hydrogens (tertiary/aromatic N) is 3. The minimum atomic E-state index is -0.186. The van der Waals surface area contributed by atoms with Crippen molar-refractivity contribution in [3.8, 4) is 11.5 Å². The fraction of sp³-hybridized carbons (Fsp3) is 0.500. The molecule has 1 amide bonds. The van der Waals surface area contributed by atoms with E-state index in [1.165, 1.54) is 7.11 Å². The third-order valence-corrected chi connectivity index (χ3v) is 4.85. The number of carbonyl (C=O) groups excluding carboxylic acids is 2. The maximum Gasteiger partial charge on any atom is 0.308 e. The van der Waals surface area contributed by atoms with Crippen molar-refractivity contribution >= 4 is 23.2 Å². The van der Waals surface area contributed by atoms with E-state index < -0.39 is 0 Å². The monoisotopic (exact) mass is 349 g/mol. The first-order valence-electron chi connectivity index (χ1n) is 7.88. The van der Waals surface area contributed by atoms with Gasteiger partial charge in [-0.3, -0.25) is 9.59 Å². The number of thiophene rings is 1. The molecule has 0 bridgehead atoms. The molecule has 0 spiro atoms. The maximum atomic E-state index is 12.3. The van der Waals surface area contributed by atoms with Crippen molar-refractivity contribution in [2.45, 2.75) is 25.7 Å². The Hall–Kier alpha value is -2.22. The number of esters is 1. The largest absolute Gasteiger partial charge is 0.469 e. The lowest BCUT2D eigenvalue weighted by atomic mass is 9.97. The molecule has 128 valence electrons. The van der Waals surface area contributed by atoms with Crippen LogP contribution in [0.15, 0.2) is 21.2 Å². The van der Waals surface area contributed by atoms with Crippen LogP contribution in [-0.2, 0) is 20.7 Å². The molecule has 1 aliphatic rings. The average molecular weight is 349 g/mol.